The van der Waals surface area contributed by atoms with Crippen LogP contribution in [0, 0.1) is 0 Å². The number of ketones is 2. The number of rotatable bonds is 12. The molecule has 0 fully saturated rings. The van der Waals surface area contributed by atoms with Crippen molar-refractivity contribution in [3.8, 4) is 0 Å². The van der Waals surface area contributed by atoms with Crippen molar-refractivity contribution >= 4 is 69.9 Å². The lowest BCUT2D eigenvalue weighted by atomic mass is 9.89. The topological polar surface area (TPSA) is 197 Å². The summed E-state index contributed by atoms with van der Waals surface area (Å²) in [4.78, 5) is 72.0. The minimum atomic E-state index is -2.30. The van der Waals surface area contributed by atoms with Gasteiger partial charge in [0.1, 0.15) is 0 Å². The van der Waals surface area contributed by atoms with Crippen molar-refractivity contribution in [2.24, 2.45) is 0 Å². The molecule has 2 aromatic carbocycles. The van der Waals surface area contributed by atoms with E-state index in [2.05, 4.69) is 10.6 Å². The van der Waals surface area contributed by atoms with Crippen LogP contribution in [0.1, 0.15) is 83.0 Å². The molecular weight excluding hydrogens is 627 g/mol. The highest BCUT2D eigenvalue weighted by atomic mass is 35.5. The summed E-state index contributed by atoms with van der Waals surface area (Å²) in [7, 11) is 0. The highest BCUT2D eigenvalue weighted by Crippen LogP contribution is 2.25. The van der Waals surface area contributed by atoms with Crippen molar-refractivity contribution < 1.29 is 38.2 Å². The maximum Gasteiger partial charge on any atom is 0.344 e. The molecule has 0 saturated heterocycles. The summed E-state index contributed by atoms with van der Waals surface area (Å²) in [6, 6.07) is 8.72. The third-order valence-electron chi connectivity index (χ3n) is 5.63. The standard InChI is InChI=1S/C17H21ClN2O6.C12H15ClN2O2.2CH4/c1-4-25-15(23)17(20-10(3)21,16(24)26-5-2)9-14(22)12-7-6-11(18)8-13(12)19;1-7(15-8(2)16)5-12(17)10-4-3-9(13)6-11(10)14;;/h6-8H,4-5,9,19H2,1-3H3,(H,20,21);3-4,6-7H,5,14H2,1-2H3,(H,15,16);2*1H4. The van der Waals surface area contributed by atoms with E-state index in [1.807, 2.05) is 0 Å². The van der Waals surface area contributed by atoms with Gasteiger partial charge < -0.3 is 31.6 Å². The maximum absolute atomic E-state index is 12.7. The number of Topliss-reactive ketones (excluding diaryl/α,β-unsaturated/α-hetero) is 2. The van der Waals surface area contributed by atoms with Crippen molar-refractivity contribution in [1.29, 1.82) is 0 Å². The first-order valence-corrected chi connectivity index (χ1v) is 13.9. The second-order valence-electron chi connectivity index (χ2n) is 9.32. The molecule has 2 amide bonds. The van der Waals surface area contributed by atoms with Crippen LogP contribution in [-0.2, 0) is 28.7 Å². The Balaban J connectivity index is 0. The highest BCUT2D eigenvalue weighted by Gasteiger charge is 2.51. The van der Waals surface area contributed by atoms with Crippen LogP contribution in [0.5, 0.6) is 0 Å². The summed E-state index contributed by atoms with van der Waals surface area (Å²) in [5.41, 5.74) is 10.1. The number of carbonyl (C=O) groups excluding carboxylic acids is 6. The molecular formula is C31H44Cl2N4O8. The molecule has 45 heavy (non-hydrogen) atoms. The van der Waals surface area contributed by atoms with Crippen LogP contribution in [0.3, 0.4) is 0 Å². The van der Waals surface area contributed by atoms with Crippen molar-refractivity contribution in [2.75, 3.05) is 24.7 Å². The van der Waals surface area contributed by atoms with Gasteiger partial charge in [-0.1, -0.05) is 38.1 Å². The Hall–Kier alpha value is -4.16. The lowest BCUT2D eigenvalue weighted by Gasteiger charge is -2.29. The van der Waals surface area contributed by atoms with Gasteiger partial charge in [0.25, 0.3) is 0 Å². The minimum Gasteiger partial charge on any atom is -0.464 e. The van der Waals surface area contributed by atoms with Gasteiger partial charge in [-0.3, -0.25) is 19.2 Å². The number of nitrogens with one attached hydrogen (secondary N) is 2. The average molecular weight is 672 g/mol. The van der Waals surface area contributed by atoms with Crippen LogP contribution in [0.15, 0.2) is 36.4 Å². The number of halogens is 2. The van der Waals surface area contributed by atoms with Gasteiger partial charge in [-0.25, -0.2) is 9.59 Å². The molecule has 0 heterocycles. The number of nitrogens with two attached hydrogens (primary N) is 2. The molecule has 1 unspecified atom stereocenters. The molecule has 0 saturated carbocycles. The molecule has 14 heteroatoms. The van der Waals surface area contributed by atoms with Gasteiger partial charge in [0.05, 0.1) is 19.6 Å². The number of carbonyl (C=O) groups is 6. The lowest BCUT2D eigenvalue weighted by molar-refractivity contribution is -0.167. The summed E-state index contributed by atoms with van der Waals surface area (Å²) < 4.78 is 9.81. The fraction of sp³-hybridized carbons (Fsp3) is 0.419. The van der Waals surface area contributed by atoms with E-state index in [0.717, 1.165) is 6.92 Å². The number of hydrogen-bond acceptors (Lipinski definition) is 10. The first kappa shape index (κ1) is 43.0. The fourth-order valence-corrected chi connectivity index (χ4v) is 4.24. The molecule has 0 aliphatic rings. The SMILES string of the molecule is C.C.CC(=O)NC(C)CC(=O)c1ccc(Cl)cc1N.CCOC(=O)C(CC(=O)c1ccc(Cl)cc1N)(NC(C)=O)C(=O)OCC. The number of benzene rings is 2. The van der Waals surface area contributed by atoms with Gasteiger partial charge in [0.15, 0.2) is 11.6 Å². The Morgan fingerprint density at radius 3 is 1.56 bits per heavy atom. The predicted molar refractivity (Wildman–Crippen MR) is 176 cm³/mol. The zero-order valence-electron chi connectivity index (χ0n) is 24.5. The van der Waals surface area contributed by atoms with Crippen molar-refractivity contribution in [1.82, 2.24) is 10.6 Å². The maximum atomic E-state index is 12.7. The molecule has 0 aliphatic heterocycles. The van der Waals surface area contributed by atoms with E-state index < -0.39 is 35.6 Å². The minimum absolute atomic E-state index is 0. The van der Waals surface area contributed by atoms with E-state index in [0.29, 0.717) is 21.3 Å². The van der Waals surface area contributed by atoms with Gasteiger partial charge >= 0.3 is 11.9 Å². The number of hydrogen-bond donors (Lipinski definition) is 4. The molecule has 0 aromatic heterocycles. The Morgan fingerprint density at radius 1 is 0.778 bits per heavy atom. The van der Waals surface area contributed by atoms with E-state index >= 15 is 0 Å². The Morgan fingerprint density at radius 2 is 1.20 bits per heavy atom. The smallest absolute Gasteiger partial charge is 0.344 e. The summed E-state index contributed by atoms with van der Waals surface area (Å²) in [5, 5.41) is 5.68. The van der Waals surface area contributed by atoms with Crippen molar-refractivity contribution in [3.63, 3.8) is 0 Å². The third kappa shape index (κ3) is 13.2. The van der Waals surface area contributed by atoms with Gasteiger partial charge in [-0.15, -0.1) is 0 Å². The molecule has 6 N–H and O–H groups in total. The normalized spacial score (nSPS) is 10.7. The highest BCUT2D eigenvalue weighted by molar-refractivity contribution is 6.31. The molecule has 0 radical (unpaired) electrons. The summed E-state index contributed by atoms with van der Waals surface area (Å²) in [5.74, 6) is -3.81. The first-order chi connectivity index (χ1) is 20.1. The van der Waals surface area contributed by atoms with Gasteiger partial charge in [0.2, 0.25) is 17.4 Å². The van der Waals surface area contributed by atoms with Crippen molar-refractivity contribution in [3.05, 3.63) is 57.6 Å². The lowest BCUT2D eigenvalue weighted by Crippen LogP contribution is -2.62. The van der Waals surface area contributed by atoms with Crippen LogP contribution in [-0.4, -0.2) is 60.1 Å². The van der Waals surface area contributed by atoms with Crippen LogP contribution >= 0.6 is 23.2 Å². The average Bonchev–Trinajstić information content (AvgIpc) is 2.87. The van der Waals surface area contributed by atoms with Crippen LogP contribution in [0.25, 0.3) is 0 Å². The summed E-state index contributed by atoms with van der Waals surface area (Å²) in [6.45, 7) is 7.23. The molecule has 0 bridgehead atoms. The van der Waals surface area contributed by atoms with E-state index in [1.54, 1.807) is 19.1 Å². The fourth-order valence-electron chi connectivity index (χ4n) is 3.88. The predicted octanol–water partition coefficient (Wildman–Crippen LogP) is 4.79. The van der Waals surface area contributed by atoms with Crippen molar-refractivity contribution in [2.45, 2.75) is 73.9 Å². The Bertz CT molecular complexity index is 1350. The second-order valence-corrected chi connectivity index (χ2v) is 10.2. The molecule has 250 valence electrons. The van der Waals surface area contributed by atoms with Crippen LogP contribution in [0.4, 0.5) is 11.4 Å². The molecule has 1 atom stereocenters. The van der Waals surface area contributed by atoms with E-state index in [4.69, 9.17) is 44.1 Å². The second kappa shape index (κ2) is 20.0. The molecule has 2 aromatic rings. The number of anilines is 2. The number of esters is 2. The summed E-state index contributed by atoms with van der Waals surface area (Å²) in [6.07, 6.45) is -0.499. The molecule has 12 nitrogen and oxygen atoms in total. The Kier molecular flexibility index (Phi) is 19.1. The molecule has 2 rings (SSSR count). The zero-order valence-corrected chi connectivity index (χ0v) is 26.1. The number of nitrogen functional groups attached to an aromatic ring is 2. The summed E-state index contributed by atoms with van der Waals surface area (Å²) >= 11 is 11.6. The molecule has 0 spiro atoms. The van der Waals surface area contributed by atoms with E-state index in [9.17, 15) is 28.8 Å². The van der Waals surface area contributed by atoms with Gasteiger partial charge in [0, 0.05) is 58.9 Å². The monoisotopic (exact) mass is 670 g/mol. The van der Waals surface area contributed by atoms with Gasteiger partial charge in [-0.2, -0.15) is 0 Å². The number of amides is 2. The largest absolute Gasteiger partial charge is 0.464 e. The first-order valence-electron chi connectivity index (χ1n) is 13.1. The van der Waals surface area contributed by atoms with E-state index in [-0.39, 0.29) is 63.5 Å². The van der Waals surface area contributed by atoms with Crippen LogP contribution < -0.4 is 22.1 Å². The zero-order chi connectivity index (χ0) is 32.9. The van der Waals surface area contributed by atoms with E-state index in [1.165, 1.54) is 45.0 Å². The Labute approximate surface area is 274 Å². The van der Waals surface area contributed by atoms with Gasteiger partial charge in [-0.05, 0) is 57.2 Å². The number of ether oxygens (including phenoxy) is 2. The molecule has 0 aliphatic carbocycles. The third-order valence-corrected chi connectivity index (χ3v) is 6.10. The van der Waals surface area contributed by atoms with Crippen LogP contribution in [0.2, 0.25) is 10.0 Å². The quantitative estimate of drug-likeness (QED) is 0.105.